The Kier molecular flexibility index (Phi) is 7.27. The average Bonchev–Trinajstić information content (AvgIpc) is 2.95. The van der Waals surface area contributed by atoms with Crippen LogP contribution in [-0.4, -0.2) is 78.9 Å². The summed E-state index contributed by atoms with van der Waals surface area (Å²) in [6, 6.07) is 13.1. The van der Waals surface area contributed by atoms with Crippen LogP contribution in [0.25, 0.3) is 0 Å². The minimum Gasteiger partial charge on any atom is -0.357 e. The number of nitrogens with zero attached hydrogens (tertiary/aromatic N) is 6. The lowest BCUT2D eigenvalue weighted by Crippen LogP contribution is -2.45. The van der Waals surface area contributed by atoms with Crippen molar-refractivity contribution < 1.29 is 9.59 Å². The van der Waals surface area contributed by atoms with E-state index in [0.29, 0.717) is 42.1 Å². The van der Waals surface area contributed by atoms with Crippen LogP contribution in [-0.2, 0) is 19.5 Å². The van der Waals surface area contributed by atoms with Crippen molar-refractivity contribution in [2.24, 2.45) is 0 Å². The number of likely N-dealkylation sites (N-methyl/N-ethyl adjacent to an activating group) is 1. The lowest BCUT2D eigenvalue weighted by molar-refractivity contribution is 0.0950. The number of rotatable bonds is 7. The van der Waals surface area contributed by atoms with Gasteiger partial charge in [0.05, 0.1) is 0 Å². The van der Waals surface area contributed by atoms with Gasteiger partial charge in [-0.3, -0.25) is 9.59 Å². The zero-order valence-corrected chi connectivity index (χ0v) is 21.3. The minimum absolute atomic E-state index is 0.113. The number of nitrogens with one attached hydrogen (secondary N) is 2. The first-order valence-electron chi connectivity index (χ1n) is 12.6. The zero-order valence-electron chi connectivity index (χ0n) is 21.3. The molecule has 2 aromatic carbocycles. The van der Waals surface area contributed by atoms with Crippen LogP contribution in [0.5, 0.6) is 0 Å². The topological polar surface area (TPSA) is 107 Å². The summed E-state index contributed by atoms with van der Waals surface area (Å²) in [7, 11) is 3.95. The monoisotopic (exact) mass is 500 g/mol. The molecular weight excluding hydrogens is 468 g/mol. The Hall–Kier alpha value is -4.05. The van der Waals surface area contributed by atoms with E-state index >= 15 is 0 Å². The molecular formula is C27H32N8O2. The van der Waals surface area contributed by atoms with Crippen molar-refractivity contribution in [3.05, 3.63) is 70.3 Å². The van der Waals surface area contributed by atoms with E-state index in [0.717, 1.165) is 51.0 Å². The summed E-state index contributed by atoms with van der Waals surface area (Å²) >= 11 is 0. The van der Waals surface area contributed by atoms with E-state index in [1.807, 2.05) is 37.4 Å². The van der Waals surface area contributed by atoms with E-state index in [1.54, 1.807) is 12.1 Å². The molecule has 0 spiro atoms. The second-order valence-corrected chi connectivity index (χ2v) is 9.50. The second-order valence-electron chi connectivity index (χ2n) is 9.50. The van der Waals surface area contributed by atoms with Crippen LogP contribution in [0.15, 0.2) is 42.5 Å². The molecule has 3 aromatic rings. The SMILES string of the molecule is CNc1nc(N2CCN(C)CC2)nc(N2CCc3cc(C(=O)NCc4ccc(C=O)cc4)ccc3C2)n1. The van der Waals surface area contributed by atoms with Gasteiger partial charge < -0.3 is 25.3 Å². The first-order chi connectivity index (χ1) is 18.0. The van der Waals surface area contributed by atoms with Gasteiger partial charge in [-0.25, -0.2) is 0 Å². The lowest BCUT2D eigenvalue weighted by atomic mass is 9.97. The molecule has 1 fully saturated rings. The molecule has 0 radical (unpaired) electrons. The van der Waals surface area contributed by atoms with Gasteiger partial charge in [-0.2, -0.15) is 15.0 Å². The predicted octanol–water partition coefficient (Wildman–Crippen LogP) is 1.97. The minimum atomic E-state index is -0.113. The molecule has 192 valence electrons. The number of aldehydes is 1. The summed E-state index contributed by atoms with van der Waals surface area (Å²) in [5.41, 5.74) is 4.54. The number of hydrogen-bond donors (Lipinski definition) is 2. The number of carbonyl (C=O) groups excluding carboxylic acids is 2. The highest BCUT2D eigenvalue weighted by Gasteiger charge is 2.23. The Morgan fingerprint density at radius 2 is 1.65 bits per heavy atom. The summed E-state index contributed by atoms with van der Waals surface area (Å²) in [5.74, 6) is 1.83. The van der Waals surface area contributed by atoms with E-state index in [2.05, 4.69) is 42.3 Å². The Morgan fingerprint density at radius 3 is 2.35 bits per heavy atom. The first-order valence-corrected chi connectivity index (χ1v) is 12.6. The molecule has 1 saturated heterocycles. The van der Waals surface area contributed by atoms with Crippen molar-refractivity contribution >= 4 is 30.0 Å². The number of anilines is 3. The Bertz CT molecular complexity index is 1270. The number of benzene rings is 2. The third-order valence-electron chi connectivity index (χ3n) is 6.95. The van der Waals surface area contributed by atoms with Gasteiger partial charge in [0.15, 0.2) is 0 Å². The molecule has 5 rings (SSSR count). The number of hydrogen-bond acceptors (Lipinski definition) is 9. The van der Waals surface area contributed by atoms with Crippen molar-refractivity contribution in [3.63, 3.8) is 0 Å². The number of aromatic nitrogens is 3. The summed E-state index contributed by atoms with van der Waals surface area (Å²) in [6.45, 7) is 5.59. The van der Waals surface area contributed by atoms with E-state index in [-0.39, 0.29) is 5.91 Å². The fourth-order valence-electron chi connectivity index (χ4n) is 4.62. The van der Waals surface area contributed by atoms with Crippen LogP contribution in [0.2, 0.25) is 0 Å². The van der Waals surface area contributed by atoms with Gasteiger partial charge in [-0.15, -0.1) is 0 Å². The van der Waals surface area contributed by atoms with Crippen LogP contribution < -0.4 is 20.4 Å². The number of fused-ring (bicyclic) bond motifs is 1. The molecule has 3 heterocycles. The highest BCUT2D eigenvalue weighted by atomic mass is 16.1. The molecule has 0 saturated carbocycles. The van der Waals surface area contributed by atoms with Gasteiger partial charge >= 0.3 is 0 Å². The second kappa shape index (κ2) is 10.9. The maximum absolute atomic E-state index is 12.8. The van der Waals surface area contributed by atoms with Gasteiger partial charge in [-0.1, -0.05) is 30.3 Å². The molecule has 37 heavy (non-hydrogen) atoms. The molecule has 0 atom stereocenters. The molecule has 2 N–H and O–H groups in total. The molecule has 1 aromatic heterocycles. The van der Waals surface area contributed by atoms with Crippen molar-refractivity contribution in [2.75, 3.05) is 61.9 Å². The Labute approximate surface area is 216 Å². The standard InChI is InChI=1S/C27H32N8O2/c1-28-25-30-26(34-13-11-33(2)12-14-34)32-27(31-25)35-10-9-21-15-22(7-8-23(21)17-35)24(37)29-16-19-3-5-20(18-36)6-4-19/h3-8,15,18H,9-14,16-17H2,1-2H3,(H,29,37)(H,28,30,31,32). The normalized spacial score (nSPS) is 15.7. The molecule has 1 amide bonds. The van der Waals surface area contributed by atoms with Crippen LogP contribution in [0.1, 0.15) is 37.4 Å². The molecule has 10 nitrogen and oxygen atoms in total. The van der Waals surface area contributed by atoms with E-state index < -0.39 is 0 Å². The Balaban J connectivity index is 1.26. The van der Waals surface area contributed by atoms with Gasteiger partial charge in [0.25, 0.3) is 5.91 Å². The summed E-state index contributed by atoms with van der Waals surface area (Å²) < 4.78 is 0. The number of amides is 1. The fourth-order valence-corrected chi connectivity index (χ4v) is 4.62. The lowest BCUT2D eigenvalue weighted by Gasteiger charge is -2.33. The summed E-state index contributed by atoms with van der Waals surface area (Å²) in [5, 5.41) is 6.05. The molecule has 0 aliphatic carbocycles. The molecule has 10 heteroatoms. The van der Waals surface area contributed by atoms with Crippen LogP contribution in [0.3, 0.4) is 0 Å². The van der Waals surface area contributed by atoms with Crippen LogP contribution in [0.4, 0.5) is 17.8 Å². The molecule has 2 aliphatic heterocycles. The molecule has 2 aliphatic rings. The van der Waals surface area contributed by atoms with Crippen molar-refractivity contribution in [2.45, 2.75) is 19.5 Å². The van der Waals surface area contributed by atoms with Crippen molar-refractivity contribution in [1.82, 2.24) is 25.2 Å². The van der Waals surface area contributed by atoms with Gasteiger partial charge in [-0.05, 0) is 42.3 Å². The number of carbonyl (C=O) groups is 2. The highest BCUT2D eigenvalue weighted by molar-refractivity contribution is 5.94. The van der Waals surface area contributed by atoms with Crippen LogP contribution >= 0.6 is 0 Å². The van der Waals surface area contributed by atoms with Crippen LogP contribution in [0, 0.1) is 0 Å². The Morgan fingerprint density at radius 1 is 0.919 bits per heavy atom. The quantitative estimate of drug-likeness (QED) is 0.471. The average molecular weight is 501 g/mol. The summed E-state index contributed by atoms with van der Waals surface area (Å²) in [6.07, 6.45) is 1.61. The smallest absolute Gasteiger partial charge is 0.251 e. The maximum atomic E-state index is 12.8. The van der Waals surface area contributed by atoms with E-state index in [4.69, 9.17) is 4.98 Å². The zero-order chi connectivity index (χ0) is 25.8. The van der Waals surface area contributed by atoms with Gasteiger partial charge in [0, 0.05) is 64.0 Å². The highest BCUT2D eigenvalue weighted by Crippen LogP contribution is 2.25. The first kappa shape index (κ1) is 24.6. The summed E-state index contributed by atoms with van der Waals surface area (Å²) in [4.78, 5) is 44.4. The number of piperazine rings is 1. The third kappa shape index (κ3) is 5.69. The third-order valence-corrected chi connectivity index (χ3v) is 6.95. The van der Waals surface area contributed by atoms with Crippen molar-refractivity contribution in [1.29, 1.82) is 0 Å². The van der Waals surface area contributed by atoms with Crippen molar-refractivity contribution in [3.8, 4) is 0 Å². The molecule has 0 bridgehead atoms. The fraction of sp³-hybridized carbons (Fsp3) is 0.370. The largest absolute Gasteiger partial charge is 0.357 e. The predicted molar refractivity (Wildman–Crippen MR) is 143 cm³/mol. The maximum Gasteiger partial charge on any atom is 0.251 e. The van der Waals surface area contributed by atoms with Gasteiger partial charge in [0.1, 0.15) is 6.29 Å². The van der Waals surface area contributed by atoms with Gasteiger partial charge in [0.2, 0.25) is 17.8 Å². The van der Waals surface area contributed by atoms with E-state index in [1.165, 1.54) is 11.1 Å². The molecule has 0 unspecified atom stereocenters. The van der Waals surface area contributed by atoms with E-state index in [9.17, 15) is 9.59 Å².